The van der Waals surface area contributed by atoms with Crippen molar-refractivity contribution in [3.8, 4) is 6.07 Å². The van der Waals surface area contributed by atoms with Crippen molar-refractivity contribution >= 4 is 29.2 Å². The summed E-state index contributed by atoms with van der Waals surface area (Å²) >= 11 is 11.3. The topological polar surface area (TPSA) is 50.1 Å². The van der Waals surface area contributed by atoms with Crippen molar-refractivity contribution < 1.29 is 9.53 Å². The number of halogens is 2. The van der Waals surface area contributed by atoms with Crippen LogP contribution in [0.5, 0.6) is 0 Å². The van der Waals surface area contributed by atoms with Crippen LogP contribution in [0.25, 0.3) is 0 Å². The number of carbonyl (C=O) groups is 1. The van der Waals surface area contributed by atoms with E-state index in [0.29, 0.717) is 0 Å². The average Bonchev–Trinajstić information content (AvgIpc) is 2.42. The van der Waals surface area contributed by atoms with Crippen molar-refractivity contribution in [2.24, 2.45) is 11.8 Å². The molecule has 0 aliphatic carbocycles. The number of hydrogen-bond donors (Lipinski definition) is 0. The second-order valence-electron chi connectivity index (χ2n) is 6.05. The predicted octanol–water partition coefficient (Wildman–Crippen LogP) is 5.71. The van der Waals surface area contributed by atoms with Gasteiger partial charge in [0.15, 0.2) is 0 Å². The zero-order chi connectivity index (χ0) is 18.0. The number of carbonyl (C=O) groups excluding carboxylic acids is 1. The van der Waals surface area contributed by atoms with Crippen molar-refractivity contribution in [2.75, 3.05) is 0 Å². The Bertz CT molecular complexity index is 520. The molecule has 23 heavy (non-hydrogen) atoms. The van der Waals surface area contributed by atoms with E-state index in [1.54, 1.807) is 6.08 Å². The van der Waals surface area contributed by atoms with Crippen molar-refractivity contribution in [1.82, 2.24) is 0 Å². The summed E-state index contributed by atoms with van der Waals surface area (Å²) in [6.07, 6.45) is 6.07. The molecular weight excluding hydrogens is 333 g/mol. The van der Waals surface area contributed by atoms with Gasteiger partial charge in [0.05, 0.1) is 5.92 Å². The van der Waals surface area contributed by atoms with Crippen LogP contribution in [0.15, 0.2) is 33.9 Å². The van der Waals surface area contributed by atoms with Crippen LogP contribution in [0.2, 0.25) is 0 Å². The molecule has 0 fully saturated rings. The maximum absolute atomic E-state index is 12.2. The van der Waals surface area contributed by atoms with Crippen molar-refractivity contribution in [3.05, 3.63) is 33.9 Å². The first-order valence-corrected chi connectivity index (χ1v) is 8.36. The molecule has 0 N–H and O–H groups in total. The first-order chi connectivity index (χ1) is 10.7. The summed E-state index contributed by atoms with van der Waals surface area (Å²) in [5.74, 6) is -1.11. The molecule has 0 heterocycles. The molecule has 2 atom stereocenters. The lowest BCUT2D eigenvalue weighted by Gasteiger charge is -2.17. The third-order valence-electron chi connectivity index (χ3n) is 3.19. The highest BCUT2D eigenvalue weighted by molar-refractivity contribution is 6.55. The molecule has 0 rings (SSSR count). The van der Waals surface area contributed by atoms with E-state index in [0.717, 1.165) is 18.4 Å². The smallest absolute Gasteiger partial charge is 0.314 e. The van der Waals surface area contributed by atoms with E-state index < -0.39 is 18.0 Å². The SMILES string of the molecule is CC(C)=CCCC(C)=CC(C#N)OC(=O)C(C=C(Cl)Cl)C(C)C. The molecule has 0 saturated carbocycles. The number of esters is 1. The van der Waals surface area contributed by atoms with E-state index in [-0.39, 0.29) is 10.4 Å². The van der Waals surface area contributed by atoms with E-state index in [1.807, 2.05) is 40.7 Å². The number of nitriles is 1. The summed E-state index contributed by atoms with van der Waals surface area (Å²) in [6, 6.07) is 1.99. The first-order valence-electron chi connectivity index (χ1n) is 7.61. The molecule has 0 amide bonds. The van der Waals surface area contributed by atoms with Gasteiger partial charge in [-0.25, -0.2) is 0 Å². The normalized spacial score (nSPS) is 13.8. The Morgan fingerprint density at radius 2 is 1.83 bits per heavy atom. The second kappa shape index (κ2) is 11.3. The van der Waals surface area contributed by atoms with Gasteiger partial charge in [-0.1, -0.05) is 54.3 Å². The van der Waals surface area contributed by atoms with Gasteiger partial charge in [-0.15, -0.1) is 0 Å². The fourth-order valence-electron chi connectivity index (χ4n) is 1.90. The molecule has 0 aromatic rings. The van der Waals surface area contributed by atoms with Gasteiger partial charge in [-0.2, -0.15) is 5.26 Å². The third kappa shape index (κ3) is 10.2. The van der Waals surface area contributed by atoms with Crippen molar-refractivity contribution in [2.45, 2.75) is 53.6 Å². The van der Waals surface area contributed by atoms with Gasteiger partial charge in [0.1, 0.15) is 10.6 Å². The molecule has 0 radical (unpaired) electrons. The summed E-state index contributed by atoms with van der Waals surface area (Å²) in [5, 5.41) is 9.19. The van der Waals surface area contributed by atoms with Crippen LogP contribution in [-0.2, 0) is 9.53 Å². The van der Waals surface area contributed by atoms with Crippen LogP contribution < -0.4 is 0 Å². The van der Waals surface area contributed by atoms with Crippen LogP contribution in [-0.4, -0.2) is 12.1 Å². The predicted molar refractivity (Wildman–Crippen MR) is 96.0 cm³/mol. The molecule has 2 unspecified atom stereocenters. The Labute approximate surface area is 149 Å². The lowest BCUT2D eigenvalue weighted by atomic mass is 9.96. The lowest BCUT2D eigenvalue weighted by Crippen LogP contribution is -2.25. The van der Waals surface area contributed by atoms with E-state index in [9.17, 15) is 10.1 Å². The standard InChI is InChI=1S/C18H25Cl2NO2/c1-12(2)7-6-8-14(5)9-15(11-21)23-18(22)16(13(3)4)10-17(19)20/h7,9-10,13,15-16H,6,8H2,1-5H3. The minimum absolute atomic E-state index is 0.0163. The largest absolute Gasteiger partial charge is 0.442 e. The third-order valence-corrected chi connectivity index (χ3v) is 3.45. The highest BCUT2D eigenvalue weighted by atomic mass is 35.5. The van der Waals surface area contributed by atoms with Crippen LogP contribution in [0.3, 0.4) is 0 Å². The summed E-state index contributed by atoms with van der Waals surface area (Å²) in [7, 11) is 0. The molecule has 0 saturated heterocycles. The maximum atomic E-state index is 12.2. The Morgan fingerprint density at radius 1 is 1.22 bits per heavy atom. The maximum Gasteiger partial charge on any atom is 0.314 e. The van der Waals surface area contributed by atoms with Gasteiger partial charge in [0, 0.05) is 0 Å². The number of allylic oxidation sites excluding steroid dienone is 3. The zero-order valence-corrected chi connectivity index (χ0v) is 15.9. The Balaban J connectivity index is 4.87. The second-order valence-corrected chi connectivity index (χ2v) is 7.05. The summed E-state index contributed by atoms with van der Waals surface area (Å²) < 4.78 is 5.28. The molecular formula is C18H25Cl2NO2. The van der Waals surface area contributed by atoms with Crippen LogP contribution >= 0.6 is 23.2 Å². The molecule has 0 aromatic carbocycles. The molecule has 0 spiro atoms. The van der Waals surface area contributed by atoms with Gasteiger partial charge in [0.25, 0.3) is 0 Å². The first kappa shape index (κ1) is 21.8. The monoisotopic (exact) mass is 357 g/mol. The molecule has 128 valence electrons. The summed E-state index contributed by atoms with van der Waals surface area (Å²) in [4.78, 5) is 12.2. The summed E-state index contributed by atoms with van der Waals surface area (Å²) in [5.41, 5.74) is 2.26. The molecule has 0 aliphatic heterocycles. The van der Waals surface area contributed by atoms with Crippen molar-refractivity contribution in [3.63, 3.8) is 0 Å². The van der Waals surface area contributed by atoms with E-state index in [2.05, 4.69) is 6.08 Å². The van der Waals surface area contributed by atoms with Gasteiger partial charge in [0.2, 0.25) is 6.10 Å². The van der Waals surface area contributed by atoms with Crippen LogP contribution in [0, 0.1) is 23.2 Å². The van der Waals surface area contributed by atoms with Gasteiger partial charge in [-0.3, -0.25) is 4.79 Å². The van der Waals surface area contributed by atoms with Crippen molar-refractivity contribution in [1.29, 1.82) is 5.26 Å². The quantitative estimate of drug-likeness (QED) is 0.413. The zero-order valence-electron chi connectivity index (χ0n) is 14.4. The molecule has 0 aliphatic rings. The number of nitrogens with zero attached hydrogens (tertiary/aromatic N) is 1. The van der Waals surface area contributed by atoms with E-state index >= 15 is 0 Å². The fraction of sp³-hybridized carbons (Fsp3) is 0.556. The van der Waals surface area contributed by atoms with E-state index in [1.165, 1.54) is 11.6 Å². The van der Waals surface area contributed by atoms with Crippen LogP contribution in [0.4, 0.5) is 0 Å². The van der Waals surface area contributed by atoms with Gasteiger partial charge >= 0.3 is 5.97 Å². The van der Waals surface area contributed by atoms with Gasteiger partial charge < -0.3 is 4.74 Å². The Hall–Kier alpha value is -1.24. The average molecular weight is 358 g/mol. The van der Waals surface area contributed by atoms with Gasteiger partial charge in [-0.05, 0) is 51.7 Å². The molecule has 0 aromatic heterocycles. The molecule has 3 nitrogen and oxygen atoms in total. The van der Waals surface area contributed by atoms with Crippen LogP contribution in [0.1, 0.15) is 47.5 Å². The number of hydrogen-bond acceptors (Lipinski definition) is 3. The Morgan fingerprint density at radius 3 is 2.26 bits per heavy atom. The molecule has 5 heteroatoms. The number of ether oxygens (including phenoxy) is 1. The lowest BCUT2D eigenvalue weighted by molar-refractivity contribution is -0.149. The highest BCUT2D eigenvalue weighted by Crippen LogP contribution is 2.21. The minimum Gasteiger partial charge on any atom is -0.442 e. The summed E-state index contributed by atoms with van der Waals surface area (Å²) in [6.45, 7) is 9.73. The van der Waals surface area contributed by atoms with E-state index in [4.69, 9.17) is 27.9 Å². The Kier molecular flexibility index (Phi) is 10.7. The fourth-order valence-corrected chi connectivity index (χ4v) is 2.17. The molecule has 0 bridgehead atoms. The number of rotatable bonds is 8. The minimum atomic E-state index is -0.905. The highest BCUT2D eigenvalue weighted by Gasteiger charge is 2.24.